The number of hydrogen-bond acceptors (Lipinski definition) is 5. The first-order valence-electron chi connectivity index (χ1n) is 7.50. The van der Waals surface area contributed by atoms with Crippen molar-refractivity contribution in [2.45, 2.75) is 13.3 Å². The van der Waals surface area contributed by atoms with Gasteiger partial charge in [0.2, 0.25) is 5.82 Å². The molecule has 1 N–H and O–H groups in total. The zero-order chi connectivity index (χ0) is 16.1. The second-order valence-electron chi connectivity index (χ2n) is 5.03. The van der Waals surface area contributed by atoms with Crippen LogP contribution in [0.1, 0.15) is 13.3 Å². The molecule has 0 aliphatic carbocycles. The lowest BCUT2D eigenvalue weighted by Gasteiger charge is -2.06. The van der Waals surface area contributed by atoms with E-state index in [1.54, 1.807) is 24.4 Å². The van der Waals surface area contributed by atoms with E-state index in [-0.39, 0.29) is 5.75 Å². The molecule has 1 aromatic heterocycles. The van der Waals surface area contributed by atoms with Crippen LogP contribution >= 0.6 is 0 Å². The maximum absolute atomic E-state index is 10.1. The summed E-state index contributed by atoms with van der Waals surface area (Å²) in [5, 5.41) is 20.3. The highest BCUT2D eigenvalue weighted by atomic mass is 16.5. The standard InChI is InChI=1S/C18H17N3O2/c1-2-12-23-16-8-5-11-19-18(16)21-20-17-14-7-4-3-6-13(14)9-10-15(17)22/h3-11,22H,2,12H2,1H3. The molecule has 3 aromatic rings. The van der Waals surface area contributed by atoms with Crippen molar-refractivity contribution >= 4 is 22.3 Å². The number of nitrogens with zero attached hydrogens (tertiary/aromatic N) is 3. The van der Waals surface area contributed by atoms with Gasteiger partial charge in [-0.15, -0.1) is 10.2 Å². The number of aromatic hydroxyl groups is 1. The van der Waals surface area contributed by atoms with Crippen LogP contribution < -0.4 is 4.74 Å². The van der Waals surface area contributed by atoms with Gasteiger partial charge < -0.3 is 9.84 Å². The first kappa shape index (κ1) is 15.0. The number of ether oxygens (including phenoxy) is 1. The van der Waals surface area contributed by atoms with Gasteiger partial charge in [0, 0.05) is 11.6 Å². The highest BCUT2D eigenvalue weighted by molar-refractivity contribution is 5.95. The van der Waals surface area contributed by atoms with Crippen LogP contribution in [0.4, 0.5) is 11.5 Å². The zero-order valence-corrected chi connectivity index (χ0v) is 12.8. The zero-order valence-electron chi connectivity index (χ0n) is 12.8. The van der Waals surface area contributed by atoms with Crippen molar-refractivity contribution in [2.24, 2.45) is 10.2 Å². The Kier molecular flexibility index (Phi) is 4.47. The molecule has 0 aliphatic heterocycles. The minimum atomic E-state index is 0.0828. The van der Waals surface area contributed by atoms with Crippen molar-refractivity contribution < 1.29 is 9.84 Å². The van der Waals surface area contributed by atoms with Gasteiger partial charge in [0.05, 0.1) is 6.61 Å². The predicted molar refractivity (Wildman–Crippen MR) is 89.8 cm³/mol. The van der Waals surface area contributed by atoms with E-state index in [0.717, 1.165) is 17.2 Å². The first-order chi connectivity index (χ1) is 11.3. The Morgan fingerprint density at radius 2 is 1.91 bits per heavy atom. The number of phenols is 1. The number of aromatic nitrogens is 1. The molecular formula is C18H17N3O2. The monoisotopic (exact) mass is 307 g/mol. The third-order valence-electron chi connectivity index (χ3n) is 3.34. The van der Waals surface area contributed by atoms with Gasteiger partial charge in [-0.1, -0.05) is 37.3 Å². The van der Waals surface area contributed by atoms with E-state index in [1.165, 1.54) is 0 Å². The van der Waals surface area contributed by atoms with Gasteiger partial charge in [-0.2, -0.15) is 0 Å². The molecular weight excluding hydrogens is 290 g/mol. The molecule has 0 saturated carbocycles. The smallest absolute Gasteiger partial charge is 0.216 e. The maximum Gasteiger partial charge on any atom is 0.216 e. The molecule has 0 saturated heterocycles. The number of azo groups is 1. The fraction of sp³-hybridized carbons (Fsp3) is 0.167. The first-order valence-corrected chi connectivity index (χ1v) is 7.50. The maximum atomic E-state index is 10.1. The number of hydrogen-bond donors (Lipinski definition) is 1. The van der Waals surface area contributed by atoms with E-state index in [2.05, 4.69) is 15.2 Å². The van der Waals surface area contributed by atoms with Crippen LogP contribution in [-0.2, 0) is 0 Å². The SMILES string of the molecule is CCCOc1cccnc1N=Nc1c(O)ccc2ccccc12. The number of rotatable bonds is 5. The molecule has 3 rings (SSSR count). The van der Waals surface area contributed by atoms with Crippen LogP contribution in [0.3, 0.4) is 0 Å². The molecule has 0 amide bonds. The second kappa shape index (κ2) is 6.87. The van der Waals surface area contributed by atoms with Gasteiger partial charge in [-0.3, -0.25) is 0 Å². The Bertz CT molecular complexity index is 847. The van der Waals surface area contributed by atoms with Crippen LogP contribution in [0, 0.1) is 0 Å². The van der Waals surface area contributed by atoms with Crippen molar-refractivity contribution in [1.82, 2.24) is 4.98 Å². The number of phenolic OH excluding ortho intramolecular Hbond substituents is 1. The third kappa shape index (κ3) is 3.29. The summed E-state index contributed by atoms with van der Waals surface area (Å²) in [6.45, 7) is 2.62. The minimum Gasteiger partial charge on any atom is -0.506 e. The summed E-state index contributed by atoms with van der Waals surface area (Å²) < 4.78 is 5.61. The fourth-order valence-electron chi connectivity index (χ4n) is 2.23. The van der Waals surface area contributed by atoms with Crippen molar-refractivity contribution in [2.75, 3.05) is 6.61 Å². The predicted octanol–water partition coefficient (Wildman–Crippen LogP) is 5.14. The van der Waals surface area contributed by atoms with E-state index < -0.39 is 0 Å². The average molecular weight is 307 g/mol. The highest BCUT2D eigenvalue weighted by Crippen LogP contribution is 2.36. The molecule has 5 nitrogen and oxygen atoms in total. The van der Waals surface area contributed by atoms with Gasteiger partial charge >= 0.3 is 0 Å². The van der Waals surface area contributed by atoms with Gasteiger partial charge in [-0.25, -0.2) is 4.98 Å². The van der Waals surface area contributed by atoms with E-state index in [4.69, 9.17) is 4.74 Å². The molecule has 0 unspecified atom stereocenters. The quantitative estimate of drug-likeness (QED) is 0.663. The summed E-state index contributed by atoms with van der Waals surface area (Å²) in [4.78, 5) is 4.19. The lowest BCUT2D eigenvalue weighted by molar-refractivity contribution is 0.317. The van der Waals surface area contributed by atoms with Crippen LogP contribution in [0.25, 0.3) is 10.8 Å². The summed E-state index contributed by atoms with van der Waals surface area (Å²) in [5.74, 6) is 1.06. The van der Waals surface area contributed by atoms with E-state index in [0.29, 0.717) is 23.9 Å². The Balaban J connectivity index is 1.99. The van der Waals surface area contributed by atoms with E-state index >= 15 is 0 Å². The van der Waals surface area contributed by atoms with Crippen molar-refractivity contribution in [1.29, 1.82) is 0 Å². The van der Waals surface area contributed by atoms with Crippen LogP contribution in [0.2, 0.25) is 0 Å². The number of fused-ring (bicyclic) bond motifs is 1. The highest BCUT2D eigenvalue weighted by Gasteiger charge is 2.07. The lowest BCUT2D eigenvalue weighted by atomic mass is 10.1. The molecule has 2 aromatic carbocycles. The van der Waals surface area contributed by atoms with Gasteiger partial charge in [-0.05, 0) is 30.0 Å². The largest absolute Gasteiger partial charge is 0.506 e. The molecule has 5 heteroatoms. The van der Waals surface area contributed by atoms with Crippen molar-refractivity contribution in [3.63, 3.8) is 0 Å². The summed E-state index contributed by atoms with van der Waals surface area (Å²) in [6.07, 6.45) is 2.53. The Hall–Kier alpha value is -2.95. The second-order valence-corrected chi connectivity index (χ2v) is 5.03. The average Bonchev–Trinajstić information content (AvgIpc) is 2.60. The fourth-order valence-corrected chi connectivity index (χ4v) is 2.23. The van der Waals surface area contributed by atoms with E-state index in [9.17, 15) is 5.11 Å². The summed E-state index contributed by atoms with van der Waals surface area (Å²) >= 11 is 0. The molecule has 0 bridgehead atoms. The van der Waals surface area contributed by atoms with Crippen molar-refractivity contribution in [3.8, 4) is 11.5 Å². The molecule has 23 heavy (non-hydrogen) atoms. The molecule has 1 heterocycles. The Morgan fingerprint density at radius 3 is 2.78 bits per heavy atom. The van der Waals surface area contributed by atoms with Gasteiger partial charge in [0.1, 0.15) is 11.4 Å². The van der Waals surface area contributed by atoms with Gasteiger partial charge in [0.25, 0.3) is 0 Å². The lowest BCUT2D eigenvalue weighted by Crippen LogP contribution is -1.95. The Labute approximate surface area is 134 Å². The summed E-state index contributed by atoms with van der Waals surface area (Å²) in [5.41, 5.74) is 0.426. The van der Waals surface area contributed by atoms with Crippen LogP contribution in [0.5, 0.6) is 11.5 Å². The molecule has 116 valence electrons. The number of pyridine rings is 1. The normalized spacial score (nSPS) is 11.2. The molecule has 0 aliphatic rings. The summed E-state index contributed by atoms with van der Waals surface area (Å²) in [6, 6.07) is 14.8. The molecule has 0 spiro atoms. The van der Waals surface area contributed by atoms with Gasteiger partial charge in [0.15, 0.2) is 5.75 Å². The molecule has 0 fully saturated rings. The topological polar surface area (TPSA) is 67.1 Å². The van der Waals surface area contributed by atoms with E-state index in [1.807, 2.05) is 37.3 Å². The Morgan fingerprint density at radius 1 is 1.04 bits per heavy atom. The van der Waals surface area contributed by atoms with Crippen LogP contribution in [-0.4, -0.2) is 16.7 Å². The summed E-state index contributed by atoms with van der Waals surface area (Å²) in [7, 11) is 0. The van der Waals surface area contributed by atoms with Crippen molar-refractivity contribution in [3.05, 3.63) is 54.7 Å². The third-order valence-corrected chi connectivity index (χ3v) is 3.34. The number of benzene rings is 2. The minimum absolute atomic E-state index is 0.0828. The van der Waals surface area contributed by atoms with Crippen LogP contribution in [0.15, 0.2) is 65.0 Å². The molecule has 0 radical (unpaired) electrons. The molecule has 0 atom stereocenters.